The second-order valence-corrected chi connectivity index (χ2v) is 6.06. The van der Waals surface area contributed by atoms with Crippen molar-refractivity contribution in [1.29, 1.82) is 0 Å². The highest BCUT2D eigenvalue weighted by atomic mass is 32.1. The van der Waals surface area contributed by atoms with Crippen LogP contribution in [0.2, 0.25) is 0 Å². The number of hydrogen-bond acceptors (Lipinski definition) is 4. The van der Waals surface area contributed by atoms with Gasteiger partial charge in [0.25, 0.3) is 5.56 Å². The first-order chi connectivity index (χ1) is 9.74. The lowest BCUT2D eigenvalue weighted by Crippen LogP contribution is -2.27. The molecule has 20 heavy (non-hydrogen) atoms. The number of hydrogen-bond donors (Lipinski definition) is 1. The van der Waals surface area contributed by atoms with Gasteiger partial charge in [-0.15, -0.1) is 11.3 Å². The molecule has 106 valence electrons. The molecule has 2 aromatic rings. The molecule has 1 N–H and O–H groups in total. The Kier molecular flexibility index (Phi) is 3.61. The van der Waals surface area contributed by atoms with Crippen molar-refractivity contribution >= 4 is 33.6 Å². The Morgan fingerprint density at radius 1 is 1.55 bits per heavy atom. The molecule has 0 bridgehead atoms. The van der Waals surface area contributed by atoms with Crippen molar-refractivity contribution in [2.45, 2.75) is 45.2 Å². The molecule has 0 radical (unpaired) electrons. The van der Waals surface area contributed by atoms with Crippen molar-refractivity contribution in [2.24, 2.45) is 0 Å². The SMILES string of the molecule is C=Cc1csc2c(=O)n(CC)c(NC3CCCC3)nc12. The molecule has 1 aliphatic rings. The Morgan fingerprint density at radius 2 is 2.30 bits per heavy atom. The molecule has 2 heterocycles. The van der Waals surface area contributed by atoms with Gasteiger partial charge in [0, 0.05) is 23.5 Å². The number of aromatic nitrogens is 2. The Morgan fingerprint density at radius 3 is 2.95 bits per heavy atom. The minimum absolute atomic E-state index is 0.0519. The first-order valence-corrected chi connectivity index (χ1v) is 8.03. The Hall–Kier alpha value is -1.62. The summed E-state index contributed by atoms with van der Waals surface area (Å²) in [5.74, 6) is 0.707. The summed E-state index contributed by atoms with van der Waals surface area (Å²) in [6, 6.07) is 0.447. The molecule has 4 nitrogen and oxygen atoms in total. The van der Waals surface area contributed by atoms with E-state index in [2.05, 4.69) is 11.9 Å². The molecule has 0 aliphatic heterocycles. The Balaban J connectivity index is 2.12. The zero-order chi connectivity index (χ0) is 14.1. The van der Waals surface area contributed by atoms with E-state index in [-0.39, 0.29) is 5.56 Å². The van der Waals surface area contributed by atoms with Gasteiger partial charge in [0.2, 0.25) is 5.95 Å². The third-order valence-corrected chi connectivity index (χ3v) is 4.91. The predicted octanol–water partition coefficient (Wildman–Crippen LogP) is 3.48. The van der Waals surface area contributed by atoms with Gasteiger partial charge in [-0.05, 0) is 19.8 Å². The number of fused-ring (bicyclic) bond motifs is 1. The molecule has 0 saturated heterocycles. The van der Waals surface area contributed by atoms with Crippen molar-refractivity contribution in [1.82, 2.24) is 9.55 Å². The third-order valence-electron chi connectivity index (χ3n) is 3.93. The first kappa shape index (κ1) is 13.4. The third kappa shape index (κ3) is 2.16. The molecule has 0 atom stereocenters. The highest BCUT2D eigenvalue weighted by Gasteiger charge is 2.19. The minimum atomic E-state index is 0.0519. The first-order valence-electron chi connectivity index (χ1n) is 7.15. The second kappa shape index (κ2) is 5.40. The van der Waals surface area contributed by atoms with Crippen LogP contribution in [0.4, 0.5) is 5.95 Å². The van der Waals surface area contributed by atoms with E-state index in [4.69, 9.17) is 4.98 Å². The van der Waals surface area contributed by atoms with E-state index < -0.39 is 0 Å². The monoisotopic (exact) mass is 289 g/mol. The minimum Gasteiger partial charge on any atom is -0.353 e. The van der Waals surface area contributed by atoms with E-state index in [9.17, 15) is 4.79 Å². The topological polar surface area (TPSA) is 46.9 Å². The summed E-state index contributed by atoms with van der Waals surface area (Å²) in [6.45, 7) is 6.42. The number of thiophene rings is 1. The second-order valence-electron chi connectivity index (χ2n) is 5.18. The highest BCUT2D eigenvalue weighted by Crippen LogP contribution is 2.26. The van der Waals surface area contributed by atoms with Crippen molar-refractivity contribution in [3.05, 3.63) is 27.9 Å². The van der Waals surface area contributed by atoms with Crippen LogP contribution in [0.25, 0.3) is 16.3 Å². The Bertz CT molecular complexity index is 695. The van der Waals surface area contributed by atoms with Crippen LogP contribution in [0.5, 0.6) is 0 Å². The highest BCUT2D eigenvalue weighted by molar-refractivity contribution is 7.17. The molecule has 5 heteroatoms. The predicted molar refractivity (Wildman–Crippen MR) is 85.5 cm³/mol. The maximum absolute atomic E-state index is 12.5. The van der Waals surface area contributed by atoms with E-state index >= 15 is 0 Å². The summed E-state index contributed by atoms with van der Waals surface area (Å²) < 4.78 is 2.46. The number of nitrogens with zero attached hydrogens (tertiary/aromatic N) is 2. The van der Waals surface area contributed by atoms with Crippen LogP contribution < -0.4 is 10.9 Å². The maximum Gasteiger partial charge on any atom is 0.272 e. The molecule has 0 spiro atoms. The fraction of sp³-hybridized carbons (Fsp3) is 0.467. The molecule has 0 aromatic carbocycles. The van der Waals surface area contributed by atoms with Crippen LogP contribution in [0.15, 0.2) is 16.8 Å². The van der Waals surface area contributed by atoms with Crippen LogP contribution in [-0.4, -0.2) is 15.6 Å². The van der Waals surface area contributed by atoms with Crippen molar-refractivity contribution in [3.8, 4) is 0 Å². The molecular weight excluding hydrogens is 270 g/mol. The van der Waals surface area contributed by atoms with Gasteiger partial charge in [0.05, 0.1) is 5.52 Å². The zero-order valence-corrected chi connectivity index (χ0v) is 12.5. The largest absolute Gasteiger partial charge is 0.353 e. The molecule has 3 rings (SSSR count). The number of rotatable bonds is 4. The lowest BCUT2D eigenvalue weighted by Gasteiger charge is -2.16. The van der Waals surface area contributed by atoms with Crippen LogP contribution >= 0.6 is 11.3 Å². The molecule has 0 unspecified atom stereocenters. The van der Waals surface area contributed by atoms with E-state index in [1.165, 1.54) is 24.2 Å². The van der Waals surface area contributed by atoms with E-state index in [0.717, 1.165) is 28.6 Å². The lowest BCUT2D eigenvalue weighted by atomic mass is 10.2. The molecule has 1 fully saturated rings. The lowest BCUT2D eigenvalue weighted by molar-refractivity contribution is 0.683. The van der Waals surface area contributed by atoms with Gasteiger partial charge in [-0.1, -0.05) is 25.5 Å². The molecule has 2 aromatic heterocycles. The standard InChI is InChI=1S/C15H19N3OS/c1-3-10-9-20-13-12(10)17-15(18(4-2)14(13)19)16-11-7-5-6-8-11/h3,9,11H,1,4-8H2,2H3,(H,16,17). The van der Waals surface area contributed by atoms with Crippen molar-refractivity contribution < 1.29 is 0 Å². The van der Waals surface area contributed by atoms with E-state index in [1.807, 2.05) is 12.3 Å². The van der Waals surface area contributed by atoms with Gasteiger partial charge in [0.15, 0.2) is 0 Å². The van der Waals surface area contributed by atoms with Crippen LogP contribution in [0, 0.1) is 0 Å². The quantitative estimate of drug-likeness (QED) is 0.937. The van der Waals surface area contributed by atoms with Gasteiger partial charge >= 0.3 is 0 Å². The summed E-state index contributed by atoms with van der Waals surface area (Å²) in [6.07, 6.45) is 6.60. The van der Waals surface area contributed by atoms with Crippen molar-refractivity contribution in [2.75, 3.05) is 5.32 Å². The van der Waals surface area contributed by atoms with E-state index in [1.54, 1.807) is 10.6 Å². The van der Waals surface area contributed by atoms with E-state index in [0.29, 0.717) is 18.5 Å². The van der Waals surface area contributed by atoms with Gasteiger partial charge in [-0.2, -0.15) is 0 Å². The van der Waals surface area contributed by atoms with Crippen LogP contribution in [0.1, 0.15) is 38.2 Å². The average Bonchev–Trinajstić information content (AvgIpc) is 3.08. The molecule has 1 aliphatic carbocycles. The number of nitrogens with one attached hydrogen (secondary N) is 1. The van der Waals surface area contributed by atoms with Gasteiger partial charge in [0.1, 0.15) is 4.70 Å². The van der Waals surface area contributed by atoms with Crippen LogP contribution in [-0.2, 0) is 6.54 Å². The normalized spacial score (nSPS) is 15.8. The summed E-state index contributed by atoms with van der Waals surface area (Å²) in [5.41, 5.74) is 1.77. The molecule has 1 saturated carbocycles. The molecular formula is C15H19N3OS. The van der Waals surface area contributed by atoms with Gasteiger partial charge < -0.3 is 5.32 Å². The summed E-state index contributed by atoms with van der Waals surface area (Å²) in [7, 11) is 0. The average molecular weight is 289 g/mol. The summed E-state index contributed by atoms with van der Waals surface area (Å²) in [5, 5.41) is 5.41. The van der Waals surface area contributed by atoms with Crippen molar-refractivity contribution in [3.63, 3.8) is 0 Å². The zero-order valence-electron chi connectivity index (χ0n) is 11.7. The summed E-state index contributed by atoms with van der Waals surface area (Å²) >= 11 is 1.45. The smallest absolute Gasteiger partial charge is 0.272 e. The summed E-state index contributed by atoms with van der Waals surface area (Å²) in [4.78, 5) is 17.2. The number of anilines is 1. The van der Waals surface area contributed by atoms with Gasteiger partial charge in [-0.3, -0.25) is 9.36 Å². The maximum atomic E-state index is 12.5. The van der Waals surface area contributed by atoms with Crippen LogP contribution in [0.3, 0.4) is 0 Å². The van der Waals surface area contributed by atoms with Gasteiger partial charge in [-0.25, -0.2) is 4.98 Å². The fourth-order valence-corrected chi connectivity index (χ4v) is 3.76. The fourth-order valence-electron chi connectivity index (χ4n) is 2.82. The molecule has 0 amide bonds. The Labute approximate surface area is 122 Å².